The Balaban J connectivity index is 1.65. The van der Waals surface area contributed by atoms with Crippen LogP contribution in [-0.2, 0) is 6.54 Å². The zero-order chi connectivity index (χ0) is 15.9. The molecule has 2 aromatic carbocycles. The number of amides is 1. The molecule has 0 spiro atoms. The molecule has 0 bridgehead atoms. The molecular weight excluding hydrogens is 288 g/mol. The number of nitrogens with zero attached hydrogens (tertiary/aromatic N) is 2. The standard InChI is InChI=1S/C18H16N4O/c23-18(19-12-14-7-3-1-4-8-14)16-11-17(21-13-20-16)22-15-9-5-2-6-10-15/h1-11,13H,12H2,(H,19,23)(H,20,21,22). The van der Waals surface area contributed by atoms with E-state index in [1.54, 1.807) is 6.07 Å². The molecule has 3 rings (SSSR count). The first kappa shape index (κ1) is 14.7. The van der Waals surface area contributed by atoms with Crippen molar-refractivity contribution in [3.05, 3.63) is 84.3 Å². The Morgan fingerprint density at radius 2 is 1.61 bits per heavy atom. The molecular formula is C18H16N4O. The van der Waals surface area contributed by atoms with Crippen LogP contribution < -0.4 is 10.6 Å². The summed E-state index contributed by atoms with van der Waals surface area (Å²) in [5, 5.41) is 5.99. The number of nitrogens with one attached hydrogen (secondary N) is 2. The van der Waals surface area contributed by atoms with Gasteiger partial charge < -0.3 is 10.6 Å². The first-order valence-electron chi connectivity index (χ1n) is 7.27. The first-order valence-corrected chi connectivity index (χ1v) is 7.27. The predicted molar refractivity (Wildman–Crippen MR) is 89.4 cm³/mol. The van der Waals surface area contributed by atoms with Crippen molar-refractivity contribution in [2.24, 2.45) is 0 Å². The van der Waals surface area contributed by atoms with Gasteiger partial charge in [0.2, 0.25) is 0 Å². The largest absolute Gasteiger partial charge is 0.347 e. The third-order valence-corrected chi connectivity index (χ3v) is 3.24. The van der Waals surface area contributed by atoms with E-state index in [2.05, 4.69) is 20.6 Å². The number of hydrogen-bond donors (Lipinski definition) is 2. The minimum atomic E-state index is -0.229. The van der Waals surface area contributed by atoms with Gasteiger partial charge in [0.05, 0.1) is 0 Å². The lowest BCUT2D eigenvalue weighted by Gasteiger charge is -2.07. The third-order valence-electron chi connectivity index (χ3n) is 3.24. The van der Waals surface area contributed by atoms with E-state index < -0.39 is 0 Å². The van der Waals surface area contributed by atoms with Gasteiger partial charge in [0.15, 0.2) is 0 Å². The van der Waals surface area contributed by atoms with Crippen molar-refractivity contribution in [1.29, 1.82) is 0 Å². The molecule has 0 fully saturated rings. The van der Waals surface area contributed by atoms with Crippen LogP contribution in [0, 0.1) is 0 Å². The van der Waals surface area contributed by atoms with Crippen molar-refractivity contribution in [2.45, 2.75) is 6.54 Å². The molecule has 0 aliphatic rings. The Labute approximate surface area is 134 Å². The van der Waals surface area contributed by atoms with Crippen molar-refractivity contribution in [2.75, 3.05) is 5.32 Å². The molecule has 0 atom stereocenters. The maximum absolute atomic E-state index is 12.2. The smallest absolute Gasteiger partial charge is 0.270 e. The Kier molecular flexibility index (Phi) is 4.59. The number of carbonyl (C=O) groups is 1. The second-order valence-corrected chi connectivity index (χ2v) is 4.95. The van der Waals surface area contributed by atoms with E-state index in [-0.39, 0.29) is 5.91 Å². The zero-order valence-electron chi connectivity index (χ0n) is 12.4. The quantitative estimate of drug-likeness (QED) is 0.760. The molecule has 5 heteroatoms. The minimum Gasteiger partial charge on any atom is -0.347 e. The molecule has 1 amide bonds. The van der Waals surface area contributed by atoms with Crippen molar-refractivity contribution < 1.29 is 4.79 Å². The van der Waals surface area contributed by atoms with Crippen molar-refractivity contribution in [1.82, 2.24) is 15.3 Å². The van der Waals surface area contributed by atoms with Gasteiger partial charge in [-0.1, -0.05) is 48.5 Å². The number of rotatable bonds is 5. The Morgan fingerprint density at radius 3 is 2.35 bits per heavy atom. The summed E-state index contributed by atoms with van der Waals surface area (Å²) in [5.74, 6) is 0.350. The zero-order valence-corrected chi connectivity index (χ0v) is 12.4. The lowest BCUT2D eigenvalue weighted by molar-refractivity contribution is 0.0946. The molecule has 0 aliphatic carbocycles. The summed E-state index contributed by atoms with van der Waals surface area (Å²) in [4.78, 5) is 20.4. The highest BCUT2D eigenvalue weighted by molar-refractivity contribution is 5.92. The van der Waals surface area contributed by atoms with Crippen LogP contribution in [0.25, 0.3) is 0 Å². The predicted octanol–water partition coefficient (Wildman–Crippen LogP) is 3.15. The second kappa shape index (κ2) is 7.17. The number of anilines is 2. The summed E-state index contributed by atoms with van der Waals surface area (Å²) in [6.07, 6.45) is 1.38. The van der Waals surface area contributed by atoms with Crippen LogP contribution in [-0.4, -0.2) is 15.9 Å². The molecule has 2 N–H and O–H groups in total. The number of aromatic nitrogens is 2. The van der Waals surface area contributed by atoms with E-state index in [0.717, 1.165) is 11.3 Å². The van der Waals surface area contributed by atoms with Gasteiger partial charge in [-0.15, -0.1) is 0 Å². The molecule has 0 radical (unpaired) electrons. The summed E-state index contributed by atoms with van der Waals surface area (Å²) < 4.78 is 0. The summed E-state index contributed by atoms with van der Waals surface area (Å²) >= 11 is 0. The number of hydrogen-bond acceptors (Lipinski definition) is 4. The van der Waals surface area contributed by atoms with E-state index in [0.29, 0.717) is 18.1 Å². The van der Waals surface area contributed by atoms with Gasteiger partial charge in [-0.2, -0.15) is 0 Å². The van der Waals surface area contributed by atoms with E-state index in [9.17, 15) is 4.79 Å². The Morgan fingerprint density at radius 1 is 0.913 bits per heavy atom. The van der Waals surface area contributed by atoms with E-state index in [1.807, 2.05) is 60.7 Å². The lowest BCUT2D eigenvalue weighted by Crippen LogP contribution is -2.24. The molecule has 0 saturated carbocycles. The maximum atomic E-state index is 12.2. The third kappa shape index (κ3) is 4.14. The van der Waals surface area contributed by atoms with Crippen LogP contribution in [0.3, 0.4) is 0 Å². The van der Waals surface area contributed by atoms with Gasteiger partial charge in [0.1, 0.15) is 17.8 Å². The topological polar surface area (TPSA) is 66.9 Å². The molecule has 0 unspecified atom stereocenters. The number of carbonyl (C=O) groups excluding carboxylic acids is 1. The normalized spacial score (nSPS) is 10.1. The lowest BCUT2D eigenvalue weighted by atomic mass is 10.2. The summed E-state index contributed by atoms with van der Waals surface area (Å²) in [5.41, 5.74) is 2.27. The van der Waals surface area contributed by atoms with Gasteiger partial charge in [-0.05, 0) is 17.7 Å². The molecule has 114 valence electrons. The highest BCUT2D eigenvalue weighted by Crippen LogP contribution is 2.13. The van der Waals surface area contributed by atoms with Gasteiger partial charge in [-0.3, -0.25) is 4.79 Å². The maximum Gasteiger partial charge on any atom is 0.270 e. The fraction of sp³-hybridized carbons (Fsp3) is 0.0556. The number of benzene rings is 2. The van der Waals surface area contributed by atoms with Crippen LogP contribution in [0.1, 0.15) is 16.1 Å². The van der Waals surface area contributed by atoms with E-state index >= 15 is 0 Å². The molecule has 1 aromatic heterocycles. The molecule has 23 heavy (non-hydrogen) atoms. The highest BCUT2D eigenvalue weighted by atomic mass is 16.1. The second-order valence-electron chi connectivity index (χ2n) is 4.95. The van der Waals surface area contributed by atoms with Gasteiger partial charge >= 0.3 is 0 Å². The monoisotopic (exact) mass is 304 g/mol. The first-order chi connectivity index (χ1) is 11.3. The minimum absolute atomic E-state index is 0.229. The van der Waals surface area contributed by atoms with Crippen molar-refractivity contribution >= 4 is 17.4 Å². The molecule has 3 aromatic rings. The van der Waals surface area contributed by atoms with Crippen LogP contribution in [0.2, 0.25) is 0 Å². The molecule has 5 nitrogen and oxygen atoms in total. The van der Waals surface area contributed by atoms with Crippen molar-refractivity contribution in [3.8, 4) is 0 Å². The Hall–Kier alpha value is -3.21. The van der Waals surface area contributed by atoms with Crippen LogP contribution in [0.15, 0.2) is 73.1 Å². The molecule has 1 heterocycles. The average Bonchev–Trinajstić information content (AvgIpc) is 2.62. The fourth-order valence-corrected chi connectivity index (χ4v) is 2.09. The molecule has 0 saturated heterocycles. The van der Waals surface area contributed by atoms with Gasteiger partial charge in [0.25, 0.3) is 5.91 Å². The summed E-state index contributed by atoms with van der Waals surface area (Å²) in [6, 6.07) is 21.0. The van der Waals surface area contributed by atoms with Gasteiger partial charge in [0, 0.05) is 18.3 Å². The fourth-order valence-electron chi connectivity index (χ4n) is 2.09. The van der Waals surface area contributed by atoms with Crippen LogP contribution in [0.5, 0.6) is 0 Å². The van der Waals surface area contributed by atoms with Crippen LogP contribution >= 0.6 is 0 Å². The van der Waals surface area contributed by atoms with Crippen LogP contribution in [0.4, 0.5) is 11.5 Å². The molecule has 0 aliphatic heterocycles. The summed E-state index contributed by atoms with van der Waals surface area (Å²) in [6.45, 7) is 0.463. The van der Waals surface area contributed by atoms with E-state index in [1.165, 1.54) is 6.33 Å². The van der Waals surface area contributed by atoms with Gasteiger partial charge in [-0.25, -0.2) is 9.97 Å². The van der Waals surface area contributed by atoms with Crippen molar-refractivity contribution in [3.63, 3.8) is 0 Å². The van der Waals surface area contributed by atoms with E-state index in [4.69, 9.17) is 0 Å². The number of para-hydroxylation sites is 1. The average molecular weight is 304 g/mol. The highest BCUT2D eigenvalue weighted by Gasteiger charge is 2.08. The summed E-state index contributed by atoms with van der Waals surface area (Å²) in [7, 11) is 0. The Bertz CT molecular complexity index is 775. The SMILES string of the molecule is O=C(NCc1ccccc1)c1cc(Nc2ccccc2)ncn1.